The second kappa shape index (κ2) is 12.7. The van der Waals surface area contributed by atoms with Gasteiger partial charge in [0.2, 0.25) is 0 Å². The van der Waals surface area contributed by atoms with Gasteiger partial charge in [0.1, 0.15) is 5.75 Å². The number of benzene rings is 4. The van der Waals surface area contributed by atoms with E-state index in [1.54, 1.807) is 19.2 Å². The summed E-state index contributed by atoms with van der Waals surface area (Å²) in [5, 5.41) is 38.6. The van der Waals surface area contributed by atoms with E-state index in [-0.39, 0.29) is 33.9 Å². The topological polar surface area (TPSA) is 123 Å². The summed E-state index contributed by atoms with van der Waals surface area (Å²) in [6, 6.07) is 21.2. The van der Waals surface area contributed by atoms with E-state index in [0.29, 0.717) is 18.7 Å². The minimum Gasteiger partial charge on any atom is -0.497 e. The molecule has 0 heterocycles. The number of ether oxygens (including phenoxy) is 1. The molecular formula is C30H28F3N3O5. The predicted molar refractivity (Wildman–Crippen MR) is 149 cm³/mol. The number of aromatic carboxylic acids is 1. The lowest BCUT2D eigenvalue weighted by atomic mass is 10.1. The van der Waals surface area contributed by atoms with Crippen molar-refractivity contribution < 1.29 is 38.0 Å². The van der Waals surface area contributed by atoms with Gasteiger partial charge in [0.15, 0.2) is 6.29 Å². The molecular weight excluding hydrogens is 539 g/mol. The van der Waals surface area contributed by atoms with Crippen LogP contribution in [-0.4, -0.2) is 28.4 Å². The molecule has 0 bridgehead atoms. The number of aliphatic hydroxyl groups excluding tert-OH is 1. The van der Waals surface area contributed by atoms with Crippen LogP contribution in [-0.2, 0) is 19.3 Å². The maximum atomic E-state index is 13.6. The van der Waals surface area contributed by atoms with E-state index in [2.05, 4.69) is 16.0 Å². The number of alkyl halides is 3. The monoisotopic (exact) mass is 567 g/mol. The van der Waals surface area contributed by atoms with Crippen molar-refractivity contribution in [1.82, 2.24) is 5.32 Å². The minimum atomic E-state index is -4.65. The van der Waals surface area contributed by atoms with Gasteiger partial charge in [0, 0.05) is 24.3 Å². The molecule has 11 heteroatoms. The predicted octanol–water partition coefficient (Wildman–Crippen LogP) is 6.17. The number of rotatable bonds is 11. The third-order valence-electron chi connectivity index (χ3n) is 6.25. The van der Waals surface area contributed by atoms with Crippen molar-refractivity contribution in [2.45, 2.75) is 25.6 Å². The Morgan fingerprint density at radius 2 is 1.44 bits per heavy atom. The second-order valence-electron chi connectivity index (χ2n) is 9.11. The van der Waals surface area contributed by atoms with Gasteiger partial charge in [0.25, 0.3) is 0 Å². The fourth-order valence-electron chi connectivity index (χ4n) is 4.15. The first kappa shape index (κ1) is 29.4. The average molecular weight is 568 g/mol. The maximum Gasteiger partial charge on any atom is 0.416 e. The number of hydrogen-bond donors (Lipinski definition) is 6. The van der Waals surface area contributed by atoms with Crippen LogP contribution in [0, 0.1) is 0 Å². The zero-order valence-electron chi connectivity index (χ0n) is 21.9. The van der Waals surface area contributed by atoms with Crippen LogP contribution in [0.4, 0.5) is 35.9 Å². The summed E-state index contributed by atoms with van der Waals surface area (Å²) >= 11 is 0. The molecule has 0 atom stereocenters. The third kappa shape index (κ3) is 7.54. The van der Waals surface area contributed by atoms with Crippen molar-refractivity contribution in [3.05, 3.63) is 113 Å². The number of carboxylic acid groups (broad SMARTS) is 1. The molecule has 0 aliphatic heterocycles. The molecule has 214 valence electrons. The van der Waals surface area contributed by atoms with Crippen molar-refractivity contribution in [3.63, 3.8) is 0 Å². The zero-order chi connectivity index (χ0) is 29.6. The van der Waals surface area contributed by atoms with Crippen LogP contribution in [0.15, 0.2) is 84.9 Å². The van der Waals surface area contributed by atoms with Gasteiger partial charge in [-0.3, -0.25) is 0 Å². The summed E-state index contributed by atoms with van der Waals surface area (Å²) in [4.78, 5) is 11.6. The lowest BCUT2D eigenvalue weighted by Gasteiger charge is -2.20. The highest BCUT2D eigenvalue weighted by Gasteiger charge is 2.31. The fourth-order valence-corrected chi connectivity index (χ4v) is 4.15. The van der Waals surface area contributed by atoms with Gasteiger partial charge in [-0.15, -0.1) is 0 Å². The molecule has 4 rings (SSSR count). The van der Waals surface area contributed by atoms with Crippen LogP contribution >= 0.6 is 0 Å². The molecule has 0 saturated heterocycles. The molecule has 0 aromatic heterocycles. The molecule has 8 nitrogen and oxygen atoms in total. The summed E-state index contributed by atoms with van der Waals surface area (Å²) < 4.78 is 45.8. The molecule has 41 heavy (non-hydrogen) atoms. The number of hydrogen-bond acceptors (Lipinski definition) is 7. The number of para-hydroxylation sites is 1. The lowest BCUT2D eigenvalue weighted by molar-refractivity contribution is -0.137. The number of anilines is 4. The second-order valence-corrected chi connectivity index (χ2v) is 9.11. The summed E-state index contributed by atoms with van der Waals surface area (Å²) in [5.41, 5.74) is 1.19. The molecule has 4 aromatic carbocycles. The number of methoxy groups -OCH3 is 1. The van der Waals surface area contributed by atoms with Gasteiger partial charge in [-0.1, -0.05) is 30.3 Å². The van der Waals surface area contributed by atoms with E-state index in [9.17, 15) is 33.3 Å². The van der Waals surface area contributed by atoms with E-state index in [0.717, 1.165) is 23.4 Å². The molecule has 0 aliphatic rings. The van der Waals surface area contributed by atoms with Gasteiger partial charge in [-0.2, -0.15) is 13.2 Å². The zero-order valence-corrected chi connectivity index (χ0v) is 21.9. The lowest BCUT2D eigenvalue weighted by Crippen LogP contribution is -2.13. The van der Waals surface area contributed by atoms with Gasteiger partial charge in [0.05, 0.1) is 35.3 Å². The first-order valence-electron chi connectivity index (χ1n) is 12.5. The number of nitrogens with one attached hydrogen (secondary N) is 3. The van der Waals surface area contributed by atoms with Crippen LogP contribution in [0.25, 0.3) is 0 Å². The summed E-state index contributed by atoms with van der Waals surface area (Å²) in [5.74, 6) is -0.472. The Kier molecular flexibility index (Phi) is 9.13. The van der Waals surface area contributed by atoms with Crippen LogP contribution in [0.1, 0.15) is 38.9 Å². The van der Waals surface area contributed by atoms with E-state index in [1.807, 2.05) is 24.3 Å². The number of halogens is 3. The standard InChI is InChI=1S/C30H28F3N3O5/c1-41-21-10-6-18(7-11-21)16-34-17-19-8-12-25(23(14-19)29(39)40)36-27-15-20(30(31,32)33)9-13-26(27)35-24-5-3-2-4-22(24)28(37)38/h2-15,29,34-36,39-40H,16-17H2,1H3,(H,37,38). The smallest absolute Gasteiger partial charge is 0.416 e. The van der Waals surface area contributed by atoms with Crippen LogP contribution in [0.5, 0.6) is 5.75 Å². The Morgan fingerprint density at radius 3 is 2.10 bits per heavy atom. The van der Waals surface area contributed by atoms with Crippen molar-refractivity contribution in [2.75, 3.05) is 17.7 Å². The molecule has 4 aromatic rings. The fraction of sp³-hybridized carbons (Fsp3) is 0.167. The van der Waals surface area contributed by atoms with E-state index in [1.165, 1.54) is 36.4 Å². The van der Waals surface area contributed by atoms with Crippen molar-refractivity contribution in [1.29, 1.82) is 0 Å². The van der Waals surface area contributed by atoms with Crippen molar-refractivity contribution in [3.8, 4) is 5.75 Å². The average Bonchev–Trinajstić information content (AvgIpc) is 2.94. The van der Waals surface area contributed by atoms with Gasteiger partial charge < -0.3 is 36.0 Å². The van der Waals surface area contributed by atoms with E-state index < -0.39 is 24.0 Å². The Labute approximate surface area is 234 Å². The Hall–Kier alpha value is -4.58. The highest BCUT2D eigenvalue weighted by Crippen LogP contribution is 2.38. The van der Waals surface area contributed by atoms with Gasteiger partial charge >= 0.3 is 12.1 Å². The minimum absolute atomic E-state index is 0.0445. The molecule has 6 N–H and O–H groups in total. The molecule has 0 spiro atoms. The number of carboxylic acids is 1. The Morgan fingerprint density at radius 1 is 0.805 bits per heavy atom. The highest BCUT2D eigenvalue weighted by atomic mass is 19.4. The molecule has 0 amide bonds. The molecule has 0 radical (unpaired) electrons. The number of aliphatic hydroxyl groups is 2. The highest BCUT2D eigenvalue weighted by molar-refractivity contribution is 5.96. The summed E-state index contributed by atoms with van der Waals surface area (Å²) in [7, 11) is 1.59. The first-order chi connectivity index (χ1) is 19.5. The van der Waals surface area contributed by atoms with Crippen molar-refractivity contribution >= 4 is 28.7 Å². The maximum absolute atomic E-state index is 13.6. The van der Waals surface area contributed by atoms with Crippen molar-refractivity contribution in [2.24, 2.45) is 0 Å². The molecule has 0 unspecified atom stereocenters. The third-order valence-corrected chi connectivity index (χ3v) is 6.25. The van der Waals surface area contributed by atoms with Gasteiger partial charge in [-0.25, -0.2) is 4.79 Å². The largest absolute Gasteiger partial charge is 0.497 e. The van der Waals surface area contributed by atoms with E-state index in [4.69, 9.17) is 4.74 Å². The quantitative estimate of drug-likeness (QED) is 0.119. The summed E-state index contributed by atoms with van der Waals surface area (Å²) in [6.45, 7) is 0.923. The Balaban J connectivity index is 1.60. The number of carbonyl (C=O) groups is 1. The SMILES string of the molecule is COc1ccc(CNCc2ccc(Nc3cc(C(F)(F)F)ccc3Nc3ccccc3C(=O)O)c(C(O)O)c2)cc1. The molecule has 0 aliphatic carbocycles. The first-order valence-corrected chi connectivity index (χ1v) is 12.5. The molecule has 0 saturated carbocycles. The van der Waals surface area contributed by atoms with Gasteiger partial charge in [-0.05, 0) is 65.7 Å². The van der Waals surface area contributed by atoms with Crippen LogP contribution < -0.4 is 20.7 Å². The summed E-state index contributed by atoms with van der Waals surface area (Å²) in [6.07, 6.45) is -6.57. The van der Waals surface area contributed by atoms with Crippen LogP contribution in [0.3, 0.4) is 0 Å². The Bertz CT molecular complexity index is 1510. The normalized spacial score (nSPS) is 11.4. The molecule has 0 fully saturated rings. The van der Waals surface area contributed by atoms with E-state index >= 15 is 0 Å². The van der Waals surface area contributed by atoms with Crippen LogP contribution in [0.2, 0.25) is 0 Å².